The van der Waals surface area contributed by atoms with Crippen LogP contribution in [0, 0.1) is 28.1 Å². The SMILES string of the molecule is C=C1C[C@]23CC[C@H]4C(C)(C(=O)O[C@@H]5O[C@H](CO)[C@@H](O)[C@H](O)[C@H]5O[C@@H]5O[C@H](C)[C@@H](O)[C@H](O)[C@H]5O)CCC[C@]4(C)[C@H]2CC[C@]1(O[C@@H]1O[C@H](CO)[C@@H](O)[C@H](O[C@@H]2O[C@H](CO)[C@@H](O)[C@H](O)[C@H]2O)[C@H]1O[C@@H]1O[C@H](CO)[C@@H](O)[C@H](O)[C@H]1O)C3. The fraction of sp³-hybridized carbons (Fsp3) is 0.940. The van der Waals surface area contributed by atoms with Gasteiger partial charge in [0.05, 0.1) is 43.5 Å². The number of esters is 1. The fourth-order valence-corrected chi connectivity index (χ4v) is 14.9. The number of fused-ring (bicyclic) bond motifs is 3. The largest absolute Gasteiger partial charge is 0.432 e. The van der Waals surface area contributed by atoms with Gasteiger partial charge in [-0.25, -0.2) is 0 Å². The molecule has 4 saturated carbocycles. The zero-order valence-corrected chi connectivity index (χ0v) is 43.1. The van der Waals surface area contributed by atoms with Crippen molar-refractivity contribution in [3.63, 3.8) is 0 Å². The summed E-state index contributed by atoms with van der Waals surface area (Å²) in [5.41, 5.74) is -2.71. The maximum Gasteiger partial charge on any atom is 0.314 e. The summed E-state index contributed by atoms with van der Waals surface area (Å²) >= 11 is 0. The van der Waals surface area contributed by atoms with E-state index in [2.05, 4.69) is 13.5 Å². The van der Waals surface area contributed by atoms with Crippen molar-refractivity contribution in [1.82, 2.24) is 0 Å². The van der Waals surface area contributed by atoms with Gasteiger partial charge in [0.15, 0.2) is 31.3 Å². The van der Waals surface area contributed by atoms with E-state index in [4.69, 9.17) is 47.4 Å². The fourth-order valence-electron chi connectivity index (χ4n) is 14.9. The molecule has 9 aliphatic rings. The highest BCUT2D eigenvalue weighted by molar-refractivity contribution is 5.77. The van der Waals surface area contributed by atoms with E-state index in [0.29, 0.717) is 63.4 Å². The zero-order chi connectivity index (χ0) is 56.0. The van der Waals surface area contributed by atoms with E-state index in [9.17, 15) is 86.5 Å². The molecular weight excluding hydrogens is 1030 g/mol. The van der Waals surface area contributed by atoms with Crippen molar-refractivity contribution in [2.45, 2.75) is 238 Å². The van der Waals surface area contributed by atoms with Crippen LogP contribution in [0.1, 0.15) is 78.6 Å². The third-order valence-electron chi connectivity index (χ3n) is 19.2. The van der Waals surface area contributed by atoms with Crippen LogP contribution in [0.15, 0.2) is 12.2 Å². The van der Waals surface area contributed by atoms with Crippen LogP contribution in [0.4, 0.5) is 0 Å². The molecule has 9 fully saturated rings. The molecule has 27 nitrogen and oxygen atoms in total. The Hall–Kier alpha value is -1.79. The Morgan fingerprint density at radius 1 is 0.519 bits per heavy atom. The minimum atomic E-state index is -1.98. The van der Waals surface area contributed by atoms with Crippen LogP contribution in [-0.2, 0) is 52.2 Å². The maximum absolute atomic E-state index is 14.9. The van der Waals surface area contributed by atoms with Gasteiger partial charge in [-0.05, 0) is 93.5 Å². The third kappa shape index (κ3) is 10.3. The molecule has 77 heavy (non-hydrogen) atoms. The number of hydrogen-bond donors (Lipinski definition) is 16. The highest BCUT2D eigenvalue weighted by Gasteiger charge is 2.70. The number of carbonyl (C=O) groups excluding carboxylic acids is 1. The van der Waals surface area contributed by atoms with Crippen molar-refractivity contribution in [1.29, 1.82) is 0 Å². The van der Waals surface area contributed by atoms with Gasteiger partial charge in [0, 0.05) is 0 Å². The number of hydrogen-bond acceptors (Lipinski definition) is 27. The second kappa shape index (κ2) is 22.8. The molecule has 5 saturated heterocycles. The molecule has 0 aromatic heterocycles. The van der Waals surface area contributed by atoms with E-state index in [1.54, 1.807) is 0 Å². The van der Waals surface area contributed by atoms with E-state index in [-0.39, 0.29) is 11.8 Å². The summed E-state index contributed by atoms with van der Waals surface area (Å²) in [5, 5.41) is 171. The van der Waals surface area contributed by atoms with Crippen LogP contribution in [0.5, 0.6) is 0 Å². The molecule has 16 N–H and O–H groups in total. The van der Waals surface area contributed by atoms with Crippen LogP contribution in [0.2, 0.25) is 0 Å². The van der Waals surface area contributed by atoms with Crippen LogP contribution >= 0.6 is 0 Å². The standard InChI is InChI=1S/C50H80O27/c1-18-12-49-10-6-24-47(3,8-5-9-48(24,4)46(67)76-44-39(34(63)29(58)22(15-53)71-44)74-41-35(64)31(60)26(55)19(2)68-41)25(49)7-11-50(18,17-49)77-45-40(75-43-37(66)33(62)28(57)21(14-52)70-43)38(30(59)23(16-54)72-45)73-42-36(65)32(61)27(56)20(13-51)69-42/h19-45,51-66H,1,5-17H2,2-4H3/t19-,20-,21-,22-,23-,24-,25-,26-,27-,28-,29-,30-,31+,32+,33+,34+,35-,36-,37-,38+,39-,40-,41+,42+,43+,44+,45+,47+,48?,49+,50+/m1/s1. The van der Waals surface area contributed by atoms with E-state index in [0.717, 1.165) is 0 Å². The molecule has 5 aliphatic heterocycles. The number of aliphatic hydroxyl groups excluding tert-OH is 16. The summed E-state index contributed by atoms with van der Waals surface area (Å²) in [5.74, 6) is -1.05. The Morgan fingerprint density at radius 2 is 0.987 bits per heavy atom. The van der Waals surface area contributed by atoms with Gasteiger partial charge in [-0.3, -0.25) is 4.79 Å². The zero-order valence-electron chi connectivity index (χ0n) is 43.1. The number of aliphatic hydroxyl groups is 16. The Labute approximate surface area is 443 Å². The Balaban J connectivity index is 0.969. The molecule has 4 aliphatic carbocycles. The van der Waals surface area contributed by atoms with Crippen LogP contribution < -0.4 is 0 Å². The van der Waals surface area contributed by atoms with Gasteiger partial charge in [0.25, 0.3) is 0 Å². The molecule has 0 amide bonds. The molecule has 1 spiro atoms. The molecule has 0 radical (unpaired) electrons. The molecule has 0 aromatic rings. The summed E-state index contributed by atoms with van der Waals surface area (Å²) in [4.78, 5) is 14.9. The van der Waals surface area contributed by atoms with E-state index < -0.39 is 208 Å². The number of carbonyl (C=O) groups is 1. The topological polar surface area (TPSA) is 433 Å². The van der Waals surface area contributed by atoms with Gasteiger partial charge in [-0.1, -0.05) is 19.9 Å². The van der Waals surface area contributed by atoms with Crippen LogP contribution in [0.3, 0.4) is 0 Å². The van der Waals surface area contributed by atoms with Crippen molar-refractivity contribution < 1.29 is 134 Å². The number of rotatable bonds is 14. The normalized spacial score (nSPS) is 55.1. The Kier molecular flexibility index (Phi) is 17.7. The van der Waals surface area contributed by atoms with E-state index in [1.165, 1.54) is 6.92 Å². The predicted molar refractivity (Wildman–Crippen MR) is 250 cm³/mol. The van der Waals surface area contributed by atoms with Gasteiger partial charge in [-0.15, -0.1) is 0 Å². The van der Waals surface area contributed by atoms with E-state index >= 15 is 0 Å². The van der Waals surface area contributed by atoms with Crippen molar-refractivity contribution in [2.75, 3.05) is 26.4 Å². The Bertz CT molecular complexity index is 2060. The highest BCUT2D eigenvalue weighted by Crippen LogP contribution is 2.74. The minimum absolute atomic E-state index is 0.0497. The summed E-state index contributed by atoms with van der Waals surface area (Å²) in [6.07, 6.45) is -38.3. The summed E-state index contributed by atoms with van der Waals surface area (Å²) in [6.45, 7) is 6.64. The minimum Gasteiger partial charge on any atom is -0.432 e. The molecule has 2 bridgehead atoms. The second-order valence-electron chi connectivity index (χ2n) is 23.6. The van der Waals surface area contributed by atoms with Crippen molar-refractivity contribution in [2.24, 2.45) is 28.1 Å². The first kappa shape index (κ1) is 59.8. The molecule has 0 aromatic carbocycles. The lowest BCUT2D eigenvalue weighted by Crippen LogP contribution is -2.68. The lowest BCUT2D eigenvalue weighted by molar-refractivity contribution is -0.400. The van der Waals surface area contributed by atoms with Crippen molar-refractivity contribution in [3.8, 4) is 0 Å². The molecule has 5 heterocycles. The van der Waals surface area contributed by atoms with E-state index in [1.807, 2.05) is 6.92 Å². The summed E-state index contributed by atoms with van der Waals surface area (Å²) in [6, 6.07) is 0. The first-order valence-corrected chi connectivity index (χ1v) is 26.7. The third-order valence-corrected chi connectivity index (χ3v) is 19.2. The highest BCUT2D eigenvalue weighted by atomic mass is 16.8. The first-order valence-electron chi connectivity index (χ1n) is 26.7. The lowest BCUT2D eigenvalue weighted by atomic mass is 9.41. The van der Waals surface area contributed by atoms with Crippen LogP contribution in [0.25, 0.3) is 0 Å². The van der Waals surface area contributed by atoms with Gasteiger partial charge in [0.1, 0.15) is 110 Å². The average Bonchev–Trinajstić information content (AvgIpc) is 3.93. The molecule has 27 heteroatoms. The summed E-state index contributed by atoms with van der Waals surface area (Å²) in [7, 11) is 0. The van der Waals surface area contributed by atoms with Gasteiger partial charge in [0.2, 0.25) is 6.29 Å². The molecule has 1 unspecified atom stereocenters. The smallest absolute Gasteiger partial charge is 0.314 e. The van der Waals surface area contributed by atoms with Gasteiger partial charge >= 0.3 is 5.97 Å². The first-order chi connectivity index (χ1) is 36.3. The van der Waals surface area contributed by atoms with Gasteiger partial charge in [-0.2, -0.15) is 0 Å². The van der Waals surface area contributed by atoms with Crippen LogP contribution in [-0.4, -0.2) is 273 Å². The van der Waals surface area contributed by atoms with Crippen molar-refractivity contribution in [3.05, 3.63) is 12.2 Å². The Morgan fingerprint density at radius 3 is 1.56 bits per heavy atom. The van der Waals surface area contributed by atoms with Crippen molar-refractivity contribution >= 4 is 5.97 Å². The molecule has 31 atom stereocenters. The summed E-state index contributed by atoms with van der Waals surface area (Å²) < 4.78 is 60.5. The quantitative estimate of drug-likeness (QED) is 0.0437. The maximum atomic E-state index is 14.9. The number of ether oxygens (including phenoxy) is 10. The average molecular weight is 1110 g/mol. The van der Waals surface area contributed by atoms with Gasteiger partial charge < -0.3 is 129 Å². The second-order valence-corrected chi connectivity index (χ2v) is 23.6. The molecular formula is C50H80O27. The molecule has 9 rings (SSSR count). The predicted octanol–water partition coefficient (Wildman–Crippen LogP) is -6.26. The molecule has 442 valence electrons. The monoisotopic (exact) mass is 1110 g/mol. The lowest BCUT2D eigenvalue weighted by Gasteiger charge is -2.64.